The highest BCUT2D eigenvalue weighted by Crippen LogP contribution is 2.14. The minimum absolute atomic E-state index is 0.495. The van der Waals surface area contributed by atoms with E-state index in [4.69, 9.17) is 0 Å². The summed E-state index contributed by atoms with van der Waals surface area (Å²) in [5.74, 6) is 0. The van der Waals surface area contributed by atoms with Gasteiger partial charge in [0.1, 0.15) is 0 Å². The molecular formula is C17H21N. The molecule has 0 spiro atoms. The van der Waals surface area contributed by atoms with E-state index in [0.717, 1.165) is 12.8 Å². The van der Waals surface area contributed by atoms with E-state index in [9.17, 15) is 0 Å². The molecule has 2 aromatic carbocycles. The van der Waals surface area contributed by atoms with Crippen LogP contribution >= 0.6 is 0 Å². The monoisotopic (exact) mass is 239 g/mol. The van der Waals surface area contributed by atoms with Crippen molar-refractivity contribution in [1.29, 1.82) is 0 Å². The van der Waals surface area contributed by atoms with Crippen LogP contribution in [0.3, 0.4) is 0 Å². The molecule has 1 heteroatoms. The number of benzene rings is 2. The number of anilines is 1. The Hall–Kier alpha value is -1.76. The van der Waals surface area contributed by atoms with Gasteiger partial charge in [-0.1, -0.05) is 55.0 Å². The van der Waals surface area contributed by atoms with E-state index in [-0.39, 0.29) is 0 Å². The Morgan fingerprint density at radius 2 is 1.61 bits per heavy atom. The molecule has 0 bridgehead atoms. The molecule has 1 N–H and O–H groups in total. The maximum Gasteiger partial charge on any atom is 0.0342 e. The molecule has 18 heavy (non-hydrogen) atoms. The van der Waals surface area contributed by atoms with E-state index in [0.29, 0.717) is 6.04 Å². The smallest absolute Gasteiger partial charge is 0.0342 e. The summed E-state index contributed by atoms with van der Waals surface area (Å²) in [6.45, 7) is 4.35. The quantitative estimate of drug-likeness (QED) is 0.814. The Kier molecular flexibility index (Phi) is 4.40. The van der Waals surface area contributed by atoms with Crippen molar-refractivity contribution in [3.8, 4) is 0 Å². The van der Waals surface area contributed by atoms with Crippen LogP contribution in [0.2, 0.25) is 0 Å². The van der Waals surface area contributed by atoms with Crippen molar-refractivity contribution in [2.45, 2.75) is 32.7 Å². The third-order valence-corrected chi connectivity index (χ3v) is 3.24. The van der Waals surface area contributed by atoms with E-state index >= 15 is 0 Å². The van der Waals surface area contributed by atoms with Crippen LogP contribution < -0.4 is 5.32 Å². The zero-order valence-corrected chi connectivity index (χ0v) is 11.2. The van der Waals surface area contributed by atoms with Crippen molar-refractivity contribution in [2.24, 2.45) is 0 Å². The molecule has 1 nitrogen and oxygen atoms in total. The summed E-state index contributed by atoms with van der Waals surface area (Å²) >= 11 is 0. The Labute approximate surface area is 110 Å². The molecule has 0 heterocycles. The molecule has 0 amide bonds. The molecule has 0 aliphatic heterocycles. The zero-order chi connectivity index (χ0) is 12.8. The summed E-state index contributed by atoms with van der Waals surface area (Å²) in [7, 11) is 0. The van der Waals surface area contributed by atoms with Gasteiger partial charge in [0.15, 0.2) is 0 Å². The van der Waals surface area contributed by atoms with Gasteiger partial charge in [0, 0.05) is 11.7 Å². The van der Waals surface area contributed by atoms with Crippen LogP contribution in [-0.2, 0) is 6.42 Å². The molecule has 0 saturated heterocycles. The molecule has 0 fully saturated rings. The highest BCUT2D eigenvalue weighted by molar-refractivity contribution is 5.45. The van der Waals surface area contributed by atoms with E-state index in [2.05, 4.69) is 73.8 Å². The molecule has 94 valence electrons. The lowest BCUT2D eigenvalue weighted by Crippen LogP contribution is -2.21. The first kappa shape index (κ1) is 12.7. The van der Waals surface area contributed by atoms with Crippen LogP contribution in [-0.4, -0.2) is 6.04 Å². The van der Waals surface area contributed by atoms with Gasteiger partial charge < -0.3 is 5.32 Å². The second-order valence-corrected chi connectivity index (χ2v) is 4.81. The lowest BCUT2D eigenvalue weighted by Gasteiger charge is -2.18. The average Bonchev–Trinajstić information content (AvgIpc) is 2.41. The second-order valence-electron chi connectivity index (χ2n) is 4.81. The standard InChI is InChI=1S/C17H21N/c1-3-16(13-15-7-5-4-6-8-15)18-17-11-9-14(2)10-12-17/h4-12,16,18H,3,13H2,1-2H3. The maximum atomic E-state index is 3.60. The number of hydrogen-bond donors (Lipinski definition) is 1. The van der Waals surface area contributed by atoms with Gasteiger partial charge in [-0.15, -0.1) is 0 Å². The van der Waals surface area contributed by atoms with E-state index in [1.807, 2.05) is 0 Å². The van der Waals surface area contributed by atoms with Crippen LogP contribution in [0, 0.1) is 6.92 Å². The number of rotatable bonds is 5. The van der Waals surface area contributed by atoms with E-state index in [1.165, 1.54) is 16.8 Å². The normalized spacial score (nSPS) is 12.1. The third kappa shape index (κ3) is 3.63. The van der Waals surface area contributed by atoms with E-state index in [1.54, 1.807) is 0 Å². The molecule has 2 aromatic rings. The summed E-state index contributed by atoms with van der Waals surface area (Å²) in [5.41, 5.74) is 3.91. The summed E-state index contributed by atoms with van der Waals surface area (Å²) in [4.78, 5) is 0. The molecule has 0 aliphatic rings. The van der Waals surface area contributed by atoms with Crippen molar-refractivity contribution in [3.63, 3.8) is 0 Å². The molecule has 0 aromatic heterocycles. The van der Waals surface area contributed by atoms with Gasteiger partial charge in [-0.05, 0) is 37.5 Å². The lowest BCUT2D eigenvalue weighted by atomic mass is 10.0. The zero-order valence-electron chi connectivity index (χ0n) is 11.2. The highest BCUT2D eigenvalue weighted by atomic mass is 14.9. The van der Waals surface area contributed by atoms with Crippen LogP contribution in [0.15, 0.2) is 54.6 Å². The minimum Gasteiger partial charge on any atom is -0.382 e. The lowest BCUT2D eigenvalue weighted by molar-refractivity contribution is 0.690. The van der Waals surface area contributed by atoms with Gasteiger partial charge in [0.25, 0.3) is 0 Å². The maximum absolute atomic E-state index is 3.60. The van der Waals surface area contributed by atoms with Gasteiger partial charge in [-0.3, -0.25) is 0 Å². The van der Waals surface area contributed by atoms with E-state index < -0.39 is 0 Å². The van der Waals surface area contributed by atoms with Crippen molar-refractivity contribution < 1.29 is 0 Å². The summed E-state index contributed by atoms with van der Waals surface area (Å²) < 4.78 is 0. The Morgan fingerprint density at radius 1 is 0.944 bits per heavy atom. The minimum atomic E-state index is 0.495. The van der Waals surface area contributed by atoms with Gasteiger partial charge in [0.05, 0.1) is 0 Å². The van der Waals surface area contributed by atoms with Gasteiger partial charge in [-0.25, -0.2) is 0 Å². The molecule has 1 unspecified atom stereocenters. The van der Waals surface area contributed by atoms with Gasteiger partial charge in [0.2, 0.25) is 0 Å². The number of hydrogen-bond acceptors (Lipinski definition) is 1. The molecule has 0 saturated carbocycles. The Morgan fingerprint density at radius 3 is 2.22 bits per heavy atom. The van der Waals surface area contributed by atoms with Gasteiger partial charge >= 0.3 is 0 Å². The van der Waals surface area contributed by atoms with Crippen molar-refractivity contribution in [2.75, 3.05) is 5.32 Å². The SMILES string of the molecule is CCC(Cc1ccccc1)Nc1ccc(C)cc1. The van der Waals surface area contributed by atoms with Crippen molar-refractivity contribution in [1.82, 2.24) is 0 Å². The van der Waals surface area contributed by atoms with Crippen LogP contribution in [0.4, 0.5) is 5.69 Å². The first-order valence-electron chi connectivity index (χ1n) is 6.65. The topological polar surface area (TPSA) is 12.0 Å². The molecule has 1 atom stereocenters. The van der Waals surface area contributed by atoms with Gasteiger partial charge in [-0.2, -0.15) is 0 Å². The molecular weight excluding hydrogens is 218 g/mol. The number of aryl methyl sites for hydroxylation is 1. The fourth-order valence-corrected chi connectivity index (χ4v) is 2.08. The van der Waals surface area contributed by atoms with Crippen LogP contribution in [0.1, 0.15) is 24.5 Å². The molecule has 0 radical (unpaired) electrons. The number of nitrogens with one attached hydrogen (secondary N) is 1. The fourth-order valence-electron chi connectivity index (χ4n) is 2.08. The largest absolute Gasteiger partial charge is 0.382 e. The second kappa shape index (κ2) is 6.25. The Balaban J connectivity index is 1.99. The highest BCUT2D eigenvalue weighted by Gasteiger charge is 2.06. The first-order chi connectivity index (χ1) is 8.78. The average molecular weight is 239 g/mol. The fraction of sp³-hybridized carbons (Fsp3) is 0.294. The molecule has 0 aliphatic carbocycles. The predicted octanol–water partition coefficient (Wildman–Crippen LogP) is 4.43. The van der Waals surface area contributed by atoms with Crippen molar-refractivity contribution >= 4 is 5.69 Å². The van der Waals surface area contributed by atoms with Crippen molar-refractivity contribution in [3.05, 3.63) is 65.7 Å². The third-order valence-electron chi connectivity index (χ3n) is 3.24. The molecule has 2 rings (SSSR count). The summed E-state index contributed by atoms with van der Waals surface area (Å²) in [6, 6.07) is 19.8. The predicted molar refractivity (Wildman–Crippen MR) is 79.0 cm³/mol. The Bertz CT molecular complexity index is 459. The summed E-state index contributed by atoms with van der Waals surface area (Å²) in [5, 5.41) is 3.60. The first-order valence-corrected chi connectivity index (χ1v) is 6.65. The van der Waals surface area contributed by atoms with Crippen LogP contribution in [0.5, 0.6) is 0 Å². The summed E-state index contributed by atoms with van der Waals surface area (Å²) in [6.07, 6.45) is 2.20. The van der Waals surface area contributed by atoms with Crippen LogP contribution in [0.25, 0.3) is 0 Å².